The average Bonchev–Trinajstić information content (AvgIpc) is 2.77. The fourth-order valence-corrected chi connectivity index (χ4v) is 3.62. The van der Waals surface area contributed by atoms with Gasteiger partial charge in [-0.15, -0.1) is 0 Å². The van der Waals surface area contributed by atoms with Gasteiger partial charge >= 0.3 is 0 Å². The third-order valence-corrected chi connectivity index (χ3v) is 4.24. The van der Waals surface area contributed by atoms with Crippen LogP contribution in [0.15, 0.2) is 0 Å². The lowest BCUT2D eigenvalue weighted by molar-refractivity contribution is 0.117. The molecule has 0 aromatic rings. The van der Waals surface area contributed by atoms with Crippen LogP contribution in [0.4, 0.5) is 0 Å². The average molecular weight is 226 g/mol. The molecule has 2 heterocycles. The Bertz CT molecular complexity index is 222. The molecule has 16 heavy (non-hydrogen) atoms. The van der Waals surface area contributed by atoms with Crippen LogP contribution in [-0.2, 0) is 4.74 Å². The van der Waals surface area contributed by atoms with Gasteiger partial charge in [-0.1, -0.05) is 13.8 Å². The van der Waals surface area contributed by atoms with Crippen molar-refractivity contribution in [3.63, 3.8) is 0 Å². The minimum absolute atomic E-state index is 0.658. The Hall–Kier alpha value is -0.120. The molecule has 4 unspecified atom stereocenters. The molecule has 0 aliphatic carbocycles. The Balaban J connectivity index is 1.90. The van der Waals surface area contributed by atoms with Crippen LogP contribution in [0.1, 0.15) is 20.3 Å². The van der Waals surface area contributed by atoms with Gasteiger partial charge in [0.05, 0.1) is 0 Å². The third-order valence-electron chi connectivity index (χ3n) is 4.24. The molecule has 0 saturated carbocycles. The highest BCUT2D eigenvalue weighted by molar-refractivity contribution is 4.98. The summed E-state index contributed by atoms with van der Waals surface area (Å²) in [5, 5.41) is 3.54. The zero-order valence-corrected chi connectivity index (χ0v) is 10.9. The number of rotatable bonds is 5. The number of hydrogen-bond acceptors (Lipinski definition) is 3. The van der Waals surface area contributed by atoms with Crippen LogP contribution in [0.5, 0.6) is 0 Å². The smallest absolute Gasteiger partial charge is 0.0500 e. The van der Waals surface area contributed by atoms with Crippen molar-refractivity contribution in [3.05, 3.63) is 0 Å². The normalized spacial score (nSPS) is 36.6. The number of hydrogen-bond donors (Lipinski definition) is 1. The fourth-order valence-electron chi connectivity index (χ4n) is 3.62. The summed E-state index contributed by atoms with van der Waals surface area (Å²) in [6, 6.07) is 0.805. The number of nitrogens with zero attached hydrogens (tertiary/aromatic N) is 1. The van der Waals surface area contributed by atoms with Crippen molar-refractivity contribution in [3.8, 4) is 0 Å². The van der Waals surface area contributed by atoms with Gasteiger partial charge in [0.2, 0.25) is 0 Å². The zero-order chi connectivity index (χ0) is 11.5. The molecule has 0 spiro atoms. The SMILES string of the molecule is CCC1C2CNCC2CN1CC(C)COC. The Labute approximate surface area is 99.5 Å². The summed E-state index contributed by atoms with van der Waals surface area (Å²) in [6.07, 6.45) is 1.29. The maximum absolute atomic E-state index is 5.24. The van der Waals surface area contributed by atoms with Gasteiger partial charge in [-0.25, -0.2) is 0 Å². The largest absolute Gasteiger partial charge is 0.384 e. The minimum atomic E-state index is 0.658. The van der Waals surface area contributed by atoms with E-state index in [9.17, 15) is 0 Å². The van der Waals surface area contributed by atoms with Gasteiger partial charge in [0, 0.05) is 32.8 Å². The van der Waals surface area contributed by atoms with Crippen LogP contribution >= 0.6 is 0 Å². The van der Waals surface area contributed by atoms with E-state index in [0.717, 1.165) is 24.5 Å². The highest BCUT2D eigenvalue weighted by Gasteiger charge is 2.43. The summed E-state index contributed by atoms with van der Waals surface area (Å²) in [5.41, 5.74) is 0. The molecule has 94 valence electrons. The molecular formula is C13H26N2O. The molecule has 2 rings (SSSR count). The second kappa shape index (κ2) is 5.48. The van der Waals surface area contributed by atoms with Crippen molar-refractivity contribution in [2.45, 2.75) is 26.3 Å². The maximum Gasteiger partial charge on any atom is 0.0500 e. The van der Waals surface area contributed by atoms with E-state index in [0.29, 0.717) is 5.92 Å². The molecule has 2 saturated heterocycles. The minimum Gasteiger partial charge on any atom is -0.384 e. The van der Waals surface area contributed by atoms with E-state index in [-0.39, 0.29) is 0 Å². The summed E-state index contributed by atoms with van der Waals surface area (Å²) < 4.78 is 5.24. The van der Waals surface area contributed by atoms with E-state index in [4.69, 9.17) is 4.74 Å². The molecule has 1 N–H and O–H groups in total. The van der Waals surface area contributed by atoms with Gasteiger partial charge in [-0.3, -0.25) is 4.90 Å². The standard InChI is InChI=1S/C13H26N2O/c1-4-13-12-6-14-5-11(12)8-15(13)7-10(2)9-16-3/h10-14H,4-9H2,1-3H3. The van der Waals surface area contributed by atoms with E-state index in [1.165, 1.54) is 32.6 Å². The van der Waals surface area contributed by atoms with Gasteiger partial charge in [0.25, 0.3) is 0 Å². The number of nitrogens with one attached hydrogen (secondary N) is 1. The molecule has 0 aromatic carbocycles. The van der Waals surface area contributed by atoms with Gasteiger partial charge in [-0.05, 0) is 37.3 Å². The summed E-state index contributed by atoms with van der Waals surface area (Å²) in [7, 11) is 1.80. The second-order valence-electron chi connectivity index (χ2n) is 5.57. The van der Waals surface area contributed by atoms with E-state index in [1.807, 2.05) is 0 Å². The molecule has 2 aliphatic rings. The van der Waals surface area contributed by atoms with Crippen molar-refractivity contribution in [1.29, 1.82) is 0 Å². The molecule has 2 aliphatic heterocycles. The highest BCUT2D eigenvalue weighted by atomic mass is 16.5. The lowest BCUT2D eigenvalue weighted by Crippen LogP contribution is -2.38. The first kappa shape index (κ1) is 12.3. The predicted octanol–water partition coefficient (Wildman–Crippen LogP) is 1.20. The van der Waals surface area contributed by atoms with Crippen LogP contribution in [0.2, 0.25) is 0 Å². The topological polar surface area (TPSA) is 24.5 Å². The lowest BCUT2D eigenvalue weighted by Gasteiger charge is -2.29. The Morgan fingerprint density at radius 3 is 2.94 bits per heavy atom. The monoisotopic (exact) mass is 226 g/mol. The maximum atomic E-state index is 5.24. The van der Waals surface area contributed by atoms with Crippen molar-refractivity contribution >= 4 is 0 Å². The fraction of sp³-hybridized carbons (Fsp3) is 1.00. The molecule has 3 nitrogen and oxygen atoms in total. The Morgan fingerprint density at radius 1 is 1.44 bits per heavy atom. The molecule has 3 heteroatoms. The first-order valence-corrected chi connectivity index (χ1v) is 6.70. The van der Waals surface area contributed by atoms with Crippen molar-refractivity contribution in [2.75, 3.05) is 39.9 Å². The molecule has 0 aromatic heterocycles. The molecule has 2 fully saturated rings. The Kier molecular flexibility index (Phi) is 4.22. The summed E-state index contributed by atoms with van der Waals surface area (Å²) in [6.45, 7) is 10.5. The van der Waals surface area contributed by atoms with E-state index in [2.05, 4.69) is 24.1 Å². The van der Waals surface area contributed by atoms with Gasteiger partial charge < -0.3 is 10.1 Å². The number of likely N-dealkylation sites (tertiary alicyclic amines) is 1. The van der Waals surface area contributed by atoms with Crippen molar-refractivity contribution in [2.24, 2.45) is 17.8 Å². The summed E-state index contributed by atoms with van der Waals surface area (Å²) in [5.74, 6) is 2.46. The zero-order valence-electron chi connectivity index (χ0n) is 10.9. The summed E-state index contributed by atoms with van der Waals surface area (Å²) in [4.78, 5) is 2.71. The quantitative estimate of drug-likeness (QED) is 0.762. The summed E-state index contributed by atoms with van der Waals surface area (Å²) >= 11 is 0. The molecule has 0 bridgehead atoms. The van der Waals surface area contributed by atoms with Crippen LogP contribution < -0.4 is 5.32 Å². The van der Waals surface area contributed by atoms with E-state index < -0.39 is 0 Å². The van der Waals surface area contributed by atoms with Crippen LogP contribution in [0, 0.1) is 17.8 Å². The molecule has 0 amide bonds. The number of fused-ring (bicyclic) bond motifs is 1. The third kappa shape index (κ3) is 2.41. The Morgan fingerprint density at radius 2 is 2.25 bits per heavy atom. The van der Waals surface area contributed by atoms with Crippen LogP contribution in [0.3, 0.4) is 0 Å². The lowest BCUT2D eigenvalue weighted by atomic mass is 9.93. The number of ether oxygens (including phenoxy) is 1. The highest BCUT2D eigenvalue weighted by Crippen LogP contribution is 2.34. The van der Waals surface area contributed by atoms with Crippen molar-refractivity contribution < 1.29 is 4.74 Å². The van der Waals surface area contributed by atoms with Gasteiger partial charge in [-0.2, -0.15) is 0 Å². The van der Waals surface area contributed by atoms with Crippen LogP contribution in [0.25, 0.3) is 0 Å². The molecule has 0 radical (unpaired) electrons. The molecular weight excluding hydrogens is 200 g/mol. The van der Waals surface area contributed by atoms with Crippen molar-refractivity contribution in [1.82, 2.24) is 10.2 Å². The predicted molar refractivity (Wildman–Crippen MR) is 66.5 cm³/mol. The van der Waals surface area contributed by atoms with E-state index >= 15 is 0 Å². The first-order valence-electron chi connectivity index (χ1n) is 6.70. The van der Waals surface area contributed by atoms with Crippen LogP contribution in [-0.4, -0.2) is 50.8 Å². The van der Waals surface area contributed by atoms with Gasteiger partial charge in [0.1, 0.15) is 0 Å². The van der Waals surface area contributed by atoms with E-state index in [1.54, 1.807) is 7.11 Å². The molecule has 4 atom stereocenters. The first-order chi connectivity index (χ1) is 7.76. The number of methoxy groups -OCH3 is 1. The second-order valence-corrected chi connectivity index (χ2v) is 5.57. The van der Waals surface area contributed by atoms with Gasteiger partial charge in [0.15, 0.2) is 0 Å².